The average Bonchev–Trinajstić information content (AvgIpc) is 3.37. The Morgan fingerprint density at radius 2 is 1.62 bits per heavy atom. The Hall–Kier alpha value is -2.66. The maximum atomic E-state index is 12.9. The standard InChI is InChI=1S/C23H17N3O2.Hg/c27-22-19(16-11-24-18-9-2-1-7-14(16)18)20(23(28)25-22)17-12-26-10-4-6-13-5-3-8-15(17)21(13)26;/h1-3,5,7-9,11-12,24H,4,6,10H2,(H,25,27,28);. The van der Waals surface area contributed by atoms with Gasteiger partial charge in [-0.15, -0.1) is 0 Å². The van der Waals surface area contributed by atoms with Crippen molar-refractivity contribution in [2.45, 2.75) is 19.4 Å². The molecule has 0 radical (unpaired) electrons. The molecule has 6 rings (SSSR count). The van der Waals surface area contributed by atoms with Crippen LogP contribution in [0.1, 0.15) is 23.1 Å². The number of para-hydroxylation sites is 2. The minimum atomic E-state index is -0.336. The number of hydrogen-bond acceptors (Lipinski definition) is 2. The maximum Gasteiger partial charge on any atom is 0.259 e. The van der Waals surface area contributed by atoms with Gasteiger partial charge in [-0.25, -0.2) is 0 Å². The third-order valence-electron chi connectivity index (χ3n) is 5.89. The number of nitrogens with zero attached hydrogens (tertiary/aromatic N) is 1. The number of carbonyl (C=O) groups is 2. The SMILES string of the molecule is O=C1NC(=O)C(c2cn3c4c(cccc24)CCC3)=C1c1c[nH]c2ccccc12.[Hg]. The predicted molar refractivity (Wildman–Crippen MR) is 109 cm³/mol. The van der Waals surface area contributed by atoms with E-state index in [1.54, 1.807) is 0 Å². The maximum absolute atomic E-state index is 12.9. The van der Waals surface area contributed by atoms with Crippen LogP contribution in [0.3, 0.4) is 0 Å². The number of aromatic amines is 1. The summed E-state index contributed by atoms with van der Waals surface area (Å²) >= 11 is 0. The molecule has 0 spiro atoms. The van der Waals surface area contributed by atoms with Crippen molar-refractivity contribution in [3.63, 3.8) is 0 Å². The predicted octanol–water partition coefficient (Wildman–Crippen LogP) is 3.63. The first-order valence-electron chi connectivity index (χ1n) is 9.50. The molecule has 0 fully saturated rings. The van der Waals surface area contributed by atoms with Crippen LogP contribution in [0.15, 0.2) is 54.9 Å². The van der Waals surface area contributed by atoms with Gasteiger partial charge in [0.1, 0.15) is 0 Å². The molecule has 2 aromatic carbocycles. The normalized spacial score (nSPS) is 15.9. The van der Waals surface area contributed by atoms with E-state index in [4.69, 9.17) is 0 Å². The molecule has 5 nitrogen and oxygen atoms in total. The summed E-state index contributed by atoms with van der Waals surface area (Å²) in [5.41, 5.74) is 5.95. The van der Waals surface area contributed by atoms with E-state index in [-0.39, 0.29) is 39.5 Å². The fourth-order valence-electron chi connectivity index (χ4n) is 4.70. The molecule has 2 amide bonds. The Morgan fingerprint density at radius 3 is 2.48 bits per heavy atom. The van der Waals surface area contributed by atoms with Crippen molar-refractivity contribution in [1.82, 2.24) is 14.9 Å². The molecule has 138 valence electrons. The van der Waals surface area contributed by atoms with Crippen LogP contribution in [0.5, 0.6) is 0 Å². The number of nitrogens with one attached hydrogen (secondary N) is 2. The minimum Gasteiger partial charge on any atom is -0.361 e. The minimum absolute atomic E-state index is 0. The van der Waals surface area contributed by atoms with Gasteiger partial charge >= 0.3 is 0 Å². The molecule has 2 aliphatic heterocycles. The molecule has 29 heavy (non-hydrogen) atoms. The van der Waals surface area contributed by atoms with Gasteiger partial charge in [-0.05, 0) is 24.5 Å². The van der Waals surface area contributed by atoms with E-state index < -0.39 is 0 Å². The fraction of sp³-hybridized carbons (Fsp3) is 0.130. The molecule has 0 saturated carbocycles. The summed E-state index contributed by atoms with van der Waals surface area (Å²) in [6, 6.07) is 14.1. The summed E-state index contributed by atoms with van der Waals surface area (Å²) in [7, 11) is 0. The van der Waals surface area contributed by atoms with Crippen molar-refractivity contribution in [3.8, 4) is 0 Å². The third kappa shape index (κ3) is 2.57. The van der Waals surface area contributed by atoms with E-state index in [0.29, 0.717) is 11.1 Å². The molecule has 4 heterocycles. The molecule has 0 bridgehead atoms. The van der Waals surface area contributed by atoms with E-state index in [2.05, 4.69) is 20.9 Å². The van der Waals surface area contributed by atoms with Crippen LogP contribution in [0.25, 0.3) is 33.0 Å². The second-order valence-corrected chi connectivity index (χ2v) is 7.43. The number of carbonyl (C=O) groups excluding carboxylic acids is 2. The summed E-state index contributed by atoms with van der Waals surface area (Å²) in [5.74, 6) is -0.661. The second kappa shape index (κ2) is 6.70. The van der Waals surface area contributed by atoms with Gasteiger partial charge in [-0.2, -0.15) is 0 Å². The number of benzene rings is 2. The molecule has 2 aromatic heterocycles. The fourth-order valence-corrected chi connectivity index (χ4v) is 4.70. The summed E-state index contributed by atoms with van der Waals surface area (Å²) in [6.07, 6.45) is 5.98. The number of rotatable bonds is 2. The topological polar surface area (TPSA) is 66.9 Å². The molecular weight excluding hydrogens is 551 g/mol. The van der Waals surface area contributed by atoms with Gasteiger partial charge in [0.25, 0.3) is 11.8 Å². The molecule has 0 unspecified atom stereocenters. The van der Waals surface area contributed by atoms with Crippen LogP contribution < -0.4 is 5.32 Å². The molecular formula is C23H17HgN3O2. The van der Waals surface area contributed by atoms with Crippen molar-refractivity contribution in [2.75, 3.05) is 0 Å². The molecule has 2 aliphatic rings. The summed E-state index contributed by atoms with van der Waals surface area (Å²) < 4.78 is 2.22. The monoisotopic (exact) mass is 569 g/mol. The van der Waals surface area contributed by atoms with Gasteiger partial charge in [0, 0.05) is 74.0 Å². The number of imide groups is 1. The number of amides is 2. The van der Waals surface area contributed by atoms with Crippen molar-refractivity contribution >= 4 is 44.8 Å². The average molecular weight is 568 g/mol. The van der Waals surface area contributed by atoms with E-state index in [1.807, 2.05) is 48.8 Å². The van der Waals surface area contributed by atoms with Gasteiger partial charge in [0.15, 0.2) is 0 Å². The van der Waals surface area contributed by atoms with Gasteiger partial charge in [0.05, 0.1) is 16.7 Å². The quantitative estimate of drug-likeness (QED) is 0.287. The van der Waals surface area contributed by atoms with Crippen LogP contribution in [0.2, 0.25) is 0 Å². The summed E-state index contributed by atoms with van der Waals surface area (Å²) in [5, 5.41) is 4.49. The largest absolute Gasteiger partial charge is 0.361 e. The van der Waals surface area contributed by atoms with Gasteiger partial charge in [-0.3, -0.25) is 14.9 Å². The van der Waals surface area contributed by atoms with E-state index >= 15 is 0 Å². The van der Waals surface area contributed by atoms with Crippen LogP contribution in [-0.4, -0.2) is 21.4 Å². The smallest absolute Gasteiger partial charge is 0.259 e. The zero-order valence-electron chi connectivity index (χ0n) is 15.8. The summed E-state index contributed by atoms with van der Waals surface area (Å²) in [4.78, 5) is 28.9. The Labute approximate surface area is 187 Å². The summed E-state index contributed by atoms with van der Waals surface area (Å²) in [6.45, 7) is 0.929. The third-order valence-corrected chi connectivity index (χ3v) is 5.89. The number of aryl methyl sites for hydroxylation is 2. The molecule has 0 atom stereocenters. The molecule has 0 saturated heterocycles. The van der Waals surface area contributed by atoms with Gasteiger partial charge < -0.3 is 9.55 Å². The number of fused-ring (bicyclic) bond motifs is 1. The first kappa shape index (κ1) is 18.4. The molecule has 6 heteroatoms. The van der Waals surface area contributed by atoms with Crippen molar-refractivity contribution < 1.29 is 37.3 Å². The molecule has 0 aliphatic carbocycles. The first-order valence-corrected chi connectivity index (χ1v) is 9.50. The van der Waals surface area contributed by atoms with Crippen LogP contribution >= 0.6 is 0 Å². The number of H-pyrrole nitrogens is 1. The van der Waals surface area contributed by atoms with Crippen LogP contribution in [0.4, 0.5) is 0 Å². The van der Waals surface area contributed by atoms with Crippen LogP contribution in [-0.2, 0) is 50.2 Å². The van der Waals surface area contributed by atoms with Crippen molar-refractivity contribution in [1.29, 1.82) is 0 Å². The van der Waals surface area contributed by atoms with Crippen LogP contribution in [0, 0.1) is 0 Å². The Kier molecular flexibility index (Phi) is 4.24. The Balaban J connectivity index is 0.00000181. The van der Waals surface area contributed by atoms with E-state index in [0.717, 1.165) is 46.8 Å². The zero-order chi connectivity index (χ0) is 18.8. The van der Waals surface area contributed by atoms with E-state index in [1.165, 1.54) is 11.1 Å². The van der Waals surface area contributed by atoms with Gasteiger partial charge in [-0.1, -0.05) is 36.4 Å². The Morgan fingerprint density at radius 1 is 0.862 bits per heavy atom. The number of aromatic nitrogens is 2. The van der Waals surface area contributed by atoms with Crippen molar-refractivity contribution in [2.24, 2.45) is 0 Å². The second-order valence-electron chi connectivity index (χ2n) is 7.43. The molecule has 4 aromatic rings. The Bertz CT molecular complexity index is 1360. The van der Waals surface area contributed by atoms with Gasteiger partial charge in [0.2, 0.25) is 0 Å². The number of hydrogen-bond donors (Lipinski definition) is 2. The molecule has 2 N–H and O–H groups in total. The first-order chi connectivity index (χ1) is 13.7. The van der Waals surface area contributed by atoms with Crippen molar-refractivity contribution in [3.05, 3.63) is 71.5 Å². The zero-order valence-corrected chi connectivity index (χ0v) is 21.3. The van der Waals surface area contributed by atoms with E-state index in [9.17, 15) is 9.59 Å².